The zero-order valence-corrected chi connectivity index (χ0v) is 33.5. The normalized spacial score (nSPS) is 11.0. The Hall–Kier alpha value is -7.18. The second kappa shape index (κ2) is 16.1. The van der Waals surface area contributed by atoms with Crippen LogP contribution in [0.25, 0.3) is 83.8 Å². The summed E-state index contributed by atoms with van der Waals surface area (Å²) in [5.41, 5.74) is 16.0. The van der Waals surface area contributed by atoms with Crippen LogP contribution in [0.3, 0.4) is 0 Å². The van der Waals surface area contributed by atoms with Crippen molar-refractivity contribution in [2.75, 3.05) is 0 Å². The minimum atomic E-state index is 0. The van der Waals surface area contributed by atoms with Gasteiger partial charge in [-0.1, -0.05) is 89.5 Å². The van der Waals surface area contributed by atoms with Gasteiger partial charge >= 0.3 is 20.1 Å². The Bertz CT molecular complexity index is 2580. The summed E-state index contributed by atoms with van der Waals surface area (Å²) in [6.45, 7) is 0. The summed E-state index contributed by atoms with van der Waals surface area (Å²) in [6.07, 6.45) is 11.1. The van der Waals surface area contributed by atoms with Gasteiger partial charge in [0.15, 0.2) is 0 Å². The summed E-state index contributed by atoms with van der Waals surface area (Å²) in [7, 11) is 0. The molecule has 7 aromatic carbocycles. The average Bonchev–Trinajstić information content (AvgIpc) is 4.13. The van der Waals surface area contributed by atoms with Gasteiger partial charge < -0.3 is 0 Å². The van der Waals surface area contributed by atoms with E-state index < -0.39 is 0 Å². The zero-order chi connectivity index (χ0) is 38.0. The molecule has 276 valence electrons. The van der Waals surface area contributed by atoms with Gasteiger partial charge in [0.1, 0.15) is 0 Å². The van der Waals surface area contributed by atoms with Gasteiger partial charge in [0, 0.05) is 37.2 Å². The Balaban J connectivity index is 0.00000436. The summed E-state index contributed by atoms with van der Waals surface area (Å²) in [5, 5.41) is 13.2. The van der Waals surface area contributed by atoms with E-state index in [1.807, 2.05) is 50.8 Å². The van der Waals surface area contributed by atoms with Crippen molar-refractivity contribution < 1.29 is 20.1 Å². The number of hydrogen-bond acceptors (Lipinski definition) is 3. The number of aromatic nitrogens is 6. The van der Waals surface area contributed by atoms with Crippen LogP contribution >= 0.6 is 0 Å². The standard InChI is InChI=1S/C51H33N6.Ir/c1-4-13-49(46(10-1)37-16-22-43(23-17-37)55-31-7-28-52-55)40-34-41(50-14-5-2-11-47(50)38-18-24-44(25-19-38)56-32-8-29-53-56)36-42(35-40)51-15-6-3-12-48(51)39-20-26-45(27-21-39)57-33-9-30-54-57;/h1-22,24,26,28-36H;/q-3;+3. The molecule has 0 saturated carbocycles. The smallest absolute Gasteiger partial charge is 0.266 e. The molecular formula is C51H33IrN6. The molecule has 0 aliphatic rings. The van der Waals surface area contributed by atoms with E-state index in [-0.39, 0.29) is 20.1 Å². The average molecular weight is 922 g/mol. The van der Waals surface area contributed by atoms with Crippen LogP contribution in [-0.2, 0) is 20.1 Å². The molecule has 0 spiro atoms. The van der Waals surface area contributed by atoms with Crippen molar-refractivity contribution in [3.8, 4) is 83.8 Å². The molecule has 0 amide bonds. The van der Waals surface area contributed by atoms with Crippen LogP contribution < -0.4 is 0 Å². The molecule has 3 heterocycles. The minimum absolute atomic E-state index is 0. The Kier molecular flexibility index (Phi) is 10.1. The first-order valence-electron chi connectivity index (χ1n) is 18.7. The number of benzene rings is 7. The van der Waals surface area contributed by atoms with Crippen molar-refractivity contribution in [3.63, 3.8) is 0 Å². The van der Waals surface area contributed by atoms with Crippen LogP contribution in [0.4, 0.5) is 0 Å². The van der Waals surface area contributed by atoms with E-state index in [1.54, 1.807) is 18.6 Å². The monoisotopic (exact) mass is 922 g/mol. The van der Waals surface area contributed by atoms with Crippen molar-refractivity contribution in [2.24, 2.45) is 0 Å². The second-order valence-corrected chi connectivity index (χ2v) is 13.7. The van der Waals surface area contributed by atoms with Gasteiger partial charge in [-0.05, 0) is 86.8 Å². The Morgan fingerprint density at radius 2 is 0.586 bits per heavy atom. The van der Waals surface area contributed by atoms with Crippen LogP contribution in [-0.4, -0.2) is 29.3 Å². The van der Waals surface area contributed by atoms with Gasteiger partial charge in [-0.3, -0.25) is 14.0 Å². The summed E-state index contributed by atoms with van der Waals surface area (Å²) in [6, 6.07) is 67.7. The topological polar surface area (TPSA) is 53.5 Å². The molecule has 0 radical (unpaired) electrons. The molecule has 3 aromatic heterocycles. The minimum Gasteiger partial charge on any atom is -0.266 e. The number of nitrogens with zero attached hydrogens (tertiary/aromatic N) is 6. The SMILES string of the molecule is [Ir+3].[c-]1cc(-c2ccccc2-c2cc(-c3ccccc3-c3c[c-]c(-n4cccn4)cc3)cc(-c3ccccc3-c3c[c-]c(-n4cccn4)cc3)c2)ccc1-n1cccn1. The fraction of sp³-hybridized carbons (Fsp3) is 0. The Labute approximate surface area is 350 Å². The van der Waals surface area contributed by atoms with Crippen LogP contribution in [0.1, 0.15) is 0 Å². The summed E-state index contributed by atoms with van der Waals surface area (Å²) in [4.78, 5) is 0. The summed E-state index contributed by atoms with van der Waals surface area (Å²) in [5.74, 6) is 0. The van der Waals surface area contributed by atoms with Gasteiger partial charge in [-0.15, -0.1) is 34.9 Å². The maximum Gasteiger partial charge on any atom is 3.00 e. The van der Waals surface area contributed by atoms with E-state index in [0.717, 1.165) is 83.8 Å². The van der Waals surface area contributed by atoms with E-state index in [2.05, 4.69) is 179 Å². The molecule has 0 fully saturated rings. The van der Waals surface area contributed by atoms with E-state index in [4.69, 9.17) is 0 Å². The van der Waals surface area contributed by atoms with Crippen molar-refractivity contribution in [2.45, 2.75) is 0 Å². The van der Waals surface area contributed by atoms with Crippen molar-refractivity contribution in [1.29, 1.82) is 0 Å². The first-order valence-corrected chi connectivity index (χ1v) is 18.7. The fourth-order valence-electron chi connectivity index (χ4n) is 7.47. The first-order chi connectivity index (χ1) is 28.2. The van der Waals surface area contributed by atoms with Gasteiger partial charge in [-0.2, -0.15) is 69.9 Å². The Morgan fingerprint density at radius 1 is 0.310 bits per heavy atom. The van der Waals surface area contributed by atoms with E-state index in [9.17, 15) is 0 Å². The Morgan fingerprint density at radius 3 is 0.810 bits per heavy atom. The summed E-state index contributed by atoms with van der Waals surface area (Å²) < 4.78 is 5.48. The summed E-state index contributed by atoms with van der Waals surface area (Å²) >= 11 is 0. The van der Waals surface area contributed by atoms with Crippen molar-refractivity contribution in [1.82, 2.24) is 29.3 Å². The van der Waals surface area contributed by atoms with E-state index in [0.29, 0.717) is 0 Å². The number of rotatable bonds is 9. The van der Waals surface area contributed by atoms with E-state index in [1.165, 1.54) is 0 Å². The predicted molar refractivity (Wildman–Crippen MR) is 227 cm³/mol. The van der Waals surface area contributed by atoms with Crippen LogP contribution in [0.2, 0.25) is 0 Å². The van der Waals surface area contributed by atoms with Gasteiger partial charge in [0.2, 0.25) is 0 Å². The third-order valence-corrected chi connectivity index (χ3v) is 10.2. The van der Waals surface area contributed by atoms with Crippen LogP contribution in [0, 0.1) is 18.2 Å². The van der Waals surface area contributed by atoms with Gasteiger partial charge in [0.05, 0.1) is 0 Å². The molecule has 7 heteroatoms. The van der Waals surface area contributed by atoms with Crippen LogP contribution in [0.5, 0.6) is 0 Å². The molecule has 0 unspecified atom stereocenters. The van der Waals surface area contributed by atoms with Gasteiger partial charge in [-0.25, -0.2) is 0 Å². The number of hydrogen-bond donors (Lipinski definition) is 0. The first kappa shape index (κ1) is 36.5. The molecule has 0 saturated heterocycles. The molecule has 0 aliphatic carbocycles. The molecule has 0 bridgehead atoms. The zero-order valence-electron chi connectivity index (χ0n) is 31.1. The van der Waals surface area contributed by atoms with Crippen molar-refractivity contribution in [3.05, 3.63) is 219 Å². The third kappa shape index (κ3) is 7.17. The fourth-order valence-corrected chi connectivity index (χ4v) is 7.47. The van der Waals surface area contributed by atoms with Crippen LogP contribution in [0.15, 0.2) is 201 Å². The van der Waals surface area contributed by atoms with Crippen molar-refractivity contribution >= 4 is 0 Å². The second-order valence-electron chi connectivity index (χ2n) is 13.7. The maximum absolute atomic E-state index is 4.39. The molecule has 10 rings (SSSR count). The quantitative estimate of drug-likeness (QED) is 0.136. The van der Waals surface area contributed by atoms with E-state index >= 15 is 0 Å². The molecule has 10 aromatic rings. The van der Waals surface area contributed by atoms with Gasteiger partial charge in [0.25, 0.3) is 0 Å². The molecule has 0 atom stereocenters. The molecule has 58 heavy (non-hydrogen) atoms. The maximum atomic E-state index is 4.39. The molecule has 0 aliphatic heterocycles. The molecule has 0 N–H and O–H groups in total. The molecule has 6 nitrogen and oxygen atoms in total. The largest absolute Gasteiger partial charge is 3.00 e. The molecular weight excluding hydrogens is 889 g/mol. The predicted octanol–water partition coefficient (Wildman–Crippen LogP) is 11.6. The third-order valence-electron chi connectivity index (χ3n) is 10.2.